The third-order valence-corrected chi connectivity index (χ3v) is 7.13. The van der Waals surface area contributed by atoms with E-state index in [1.165, 1.54) is 5.47 Å². The van der Waals surface area contributed by atoms with Gasteiger partial charge in [-0.15, -0.1) is 11.6 Å². The van der Waals surface area contributed by atoms with Gasteiger partial charge < -0.3 is 18.6 Å². The number of alkyl halides is 1. The van der Waals surface area contributed by atoms with Gasteiger partial charge in [0.05, 0.1) is 22.4 Å². The zero-order valence-corrected chi connectivity index (χ0v) is 20.2. The minimum absolute atomic E-state index is 0.372. The Labute approximate surface area is 178 Å². The average molecular weight is 413 g/mol. The molecule has 2 aliphatic heterocycles. The summed E-state index contributed by atoms with van der Waals surface area (Å²) in [6.45, 7) is 18.9. The fourth-order valence-electron chi connectivity index (χ4n) is 3.45. The van der Waals surface area contributed by atoms with Gasteiger partial charge in [0, 0.05) is 5.88 Å². The topological polar surface area (TPSA) is 36.9 Å². The molecule has 0 unspecified atom stereocenters. The smallest absolute Gasteiger partial charge is 0.400 e. The Kier molecular flexibility index (Phi) is 7.48. The van der Waals surface area contributed by atoms with E-state index in [0.29, 0.717) is 5.88 Å². The minimum atomic E-state index is -0.390. The van der Waals surface area contributed by atoms with E-state index in [0.717, 1.165) is 37.6 Å². The highest BCUT2D eigenvalue weighted by Crippen LogP contribution is 2.44. The van der Waals surface area contributed by atoms with Crippen LogP contribution in [0.5, 0.6) is 0 Å². The van der Waals surface area contributed by atoms with Crippen LogP contribution in [0.4, 0.5) is 0 Å². The largest absolute Gasteiger partial charge is 0.489 e. The molecule has 0 aromatic heterocycles. The van der Waals surface area contributed by atoms with Crippen molar-refractivity contribution in [3.05, 3.63) is 10.9 Å². The molecule has 2 fully saturated rings. The Hall–Kier alpha value is -0.000130. The van der Waals surface area contributed by atoms with Gasteiger partial charge in [0.15, 0.2) is 0 Å². The van der Waals surface area contributed by atoms with E-state index in [4.69, 9.17) is 30.2 Å². The van der Waals surface area contributed by atoms with Gasteiger partial charge in [0.25, 0.3) is 0 Å². The van der Waals surface area contributed by atoms with E-state index in [2.05, 4.69) is 62.3 Å². The molecule has 0 amide bonds. The fourth-order valence-corrected chi connectivity index (χ4v) is 3.59. The number of rotatable bonds is 8. The standard InChI is InChI=1S/C21H39B2ClO4/c1-10-11-13-16(22-25-18(2,3)19(4,5)26-22)17(14-12-15-24)23-27-20(6,7)21(8,9)28-23/h10-15H2,1-9H3/b17-16-. The van der Waals surface area contributed by atoms with E-state index >= 15 is 0 Å². The molecule has 2 aliphatic rings. The summed E-state index contributed by atoms with van der Waals surface area (Å²) in [4.78, 5) is 0. The van der Waals surface area contributed by atoms with Crippen LogP contribution < -0.4 is 0 Å². The van der Waals surface area contributed by atoms with Gasteiger partial charge in [-0.3, -0.25) is 0 Å². The molecule has 0 spiro atoms. The molecule has 28 heavy (non-hydrogen) atoms. The van der Waals surface area contributed by atoms with Gasteiger partial charge >= 0.3 is 14.2 Å². The monoisotopic (exact) mass is 412 g/mol. The second-order valence-electron chi connectivity index (χ2n) is 10.1. The van der Waals surface area contributed by atoms with Gasteiger partial charge in [-0.1, -0.05) is 19.8 Å². The van der Waals surface area contributed by atoms with Crippen molar-refractivity contribution in [2.75, 3.05) is 5.88 Å². The Bertz CT molecular complexity index is 505. The van der Waals surface area contributed by atoms with Crippen LogP contribution in [-0.2, 0) is 18.6 Å². The number of hydrogen-bond acceptors (Lipinski definition) is 4. The van der Waals surface area contributed by atoms with Gasteiger partial charge in [-0.2, -0.15) is 0 Å². The fraction of sp³-hybridized carbons (Fsp3) is 0.905. The first kappa shape index (κ1) is 24.3. The summed E-state index contributed by atoms with van der Waals surface area (Å²) in [6, 6.07) is 0. The molecule has 7 heteroatoms. The Morgan fingerprint density at radius 1 is 0.643 bits per heavy atom. The van der Waals surface area contributed by atoms with Crippen molar-refractivity contribution < 1.29 is 18.6 Å². The Morgan fingerprint density at radius 3 is 1.25 bits per heavy atom. The molecule has 4 nitrogen and oxygen atoms in total. The van der Waals surface area contributed by atoms with Crippen LogP contribution in [0.3, 0.4) is 0 Å². The quantitative estimate of drug-likeness (QED) is 0.375. The minimum Gasteiger partial charge on any atom is -0.400 e. The lowest BCUT2D eigenvalue weighted by Gasteiger charge is -2.32. The normalized spacial score (nSPS) is 25.9. The van der Waals surface area contributed by atoms with Gasteiger partial charge in [0.1, 0.15) is 0 Å². The third-order valence-electron chi connectivity index (χ3n) is 6.87. The lowest BCUT2D eigenvalue weighted by Crippen LogP contribution is -2.41. The SMILES string of the molecule is CCCC/C(B1OC(C)(C)C(C)(C)O1)=C(\CCCCl)B1OC(C)(C)C(C)(C)O1. The van der Waals surface area contributed by atoms with Crippen molar-refractivity contribution in [1.82, 2.24) is 0 Å². The van der Waals surface area contributed by atoms with E-state index in [1.807, 2.05) is 0 Å². The van der Waals surface area contributed by atoms with E-state index < -0.39 is 0 Å². The van der Waals surface area contributed by atoms with Crippen LogP contribution in [0, 0.1) is 0 Å². The lowest BCUT2D eigenvalue weighted by molar-refractivity contribution is 0.00578. The first-order valence-electron chi connectivity index (χ1n) is 10.8. The summed E-state index contributed by atoms with van der Waals surface area (Å²) in [5.74, 6) is 0.605. The molecule has 160 valence electrons. The van der Waals surface area contributed by atoms with Gasteiger partial charge in [-0.05, 0) is 85.6 Å². The first-order valence-corrected chi connectivity index (χ1v) is 11.3. The number of unbranched alkanes of at least 4 members (excludes halogenated alkanes) is 1. The molecule has 0 radical (unpaired) electrons. The van der Waals surface area contributed by atoms with Gasteiger partial charge in [0.2, 0.25) is 0 Å². The second kappa shape index (κ2) is 8.63. The van der Waals surface area contributed by atoms with E-state index in [1.54, 1.807) is 0 Å². The zero-order valence-electron chi connectivity index (χ0n) is 19.4. The summed E-state index contributed by atoms with van der Waals surface area (Å²) < 4.78 is 25.7. The molecular formula is C21H39B2ClO4. The third kappa shape index (κ3) is 4.83. The molecule has 0 atom stereocenters. The molecule has 0 bridgehead atoms. The van der Waals surface area contributed by atoms with Gasteiger partial charge in [-0.25, -0.2) is 0 Å². The Balaban J connectivity index is 2.45. The molecule has 2 heterocycles. The summed E-state index contributed by atoms with van der Waals surface area (Å²) in [5, 5.41) is 0. The molecule has 0 aromatic rings. The van der Waals surface area contributed by atoms with E-state index in [9.17, 15) is 0 Å². The van der Waals surface area contributed by atoms with Crippen molar-refractivity contribution >= 4 is 25.8 Å². The maximum absolute atomic E-state index is 6.42. The van der Waals surface area contributed by atoms with Crippen LogP contribution in [-0.4, -0.2) is 42.5 Å². The number of halogens is 1. The molecule has 2 saturated heterocycles. The zero-order chi connectivity index (χ0) is 21.4. The maximum atomic E-state index is 6.42. The summed E-state index contributed by atoms with van der Waals surface area (Å²) in [5.41, 5.74) is 0.812. The van der Waals surface area contributed by atoms with Crippen molar-refractivity contribution in [2.45, 2.75) is 117 Å². The molecule has 0 aliphatic carbocycles. The number of hydrogen-bond donors (Lipinski definition) is 0. The highest BCUT2D eigenvalue weighted by atomic mass is 35.5. The first-order chi connectivity index (χ1) is 12.8. The molecule has 2 rings (SSSR count). The highest BCUT2D eigenvalue weighted by Gasteiger charge is 2.56. The summed E-state index contributed by atoms with van der Waals surface area (Å²) >= 11 is 6.06. The van der Waals surface area contributed by atoms with Crippen LogP contribution in [0.1, 0.15) is 94.4 Å². The predicted molar refractivity (Wildman–Crippen MR) is 119 cm³/mol. The van der Waals surface area contributed by atoms with Crippen molar-refractivity contribution in [3.63, 3.8) is 0 Å². The molecule has 0 N–H and O–H groups in total. The van der Waals surface area contributed by atoms with Crippen LogP contribution in [0.25, 0.3) is 0 Å². The van der Waals surface area contributed by atoms with Crippen LogP contribution in [0.2, 0.25) is 0 Å². The predicted octanol–water partition coefficient (Wildman–Crippen LogP) is 5.76. The lowest BCUT2D eigenvalue weighted by atomic mass is 9.62. The van der Waals surface area contributed by atoms with Crippen LogP contribution in [0.15, 0.2) is 10.9 Å². The van der Waals surface area contributed by atoms with Crippen molar-refractivity contribution in [3.8, 4) is 0 Å². The molecule has 0 aromatic carbocycles. The maximum Gasteiger partial charge on any atom is 0.489 e. The highest BCUT2D eigenvalue weighted by molar-refractivity contribution is 6.62. The summed E-state index contributed by atoms with van der Waals surface area (Å²) in [7, 11) is -0.764. The van der Waals surface area contributed by atoms with Crippen LogP contribution >= 0.6 is 11.6 Å². The van der Waals surface area contributed by atoms with Crippen molar-refractivity contribution in [2.24, 2.45) is 0 Å². The Morgan fingerprint density at radius 2 is 0.964 bits per heavy atom. The number of allylic oxidation sites excluding steroid dienone is 2. The van der Waals surface area contributed by atoms with E-state index in [-0.39, 0.29) is 36.6 Å². The average Bonchev–Trinajstić information content (AvgIpc) is 2.89. The summed E-state index contributed by atoms with van der Waals surface area (Å²) in [6.07, 6.45) is 4.78. The molecular weight excluding hydrogens is 373 g/mol. The molecule has 0 saturated carbocycles. The van der Waals surface area contributed by atoms with Crippen molar-refractivity contribution in [1.29, 1.82) is 0 Å². The second-order valence-corrected chi connectivity index (χ2v) is 10.5.